The van der Waals surface area contributed by atoms with Crippen LogP contribution in [-0.4, -0.2) is 39.0 Å². The molecule has 8 heteroatoms. The first kappa shape index (κ1) is 16.7. The summed E-state index contributed by atoms with van der Waals surface area (Å²) >= 11 is 2.77. The molecule has 0 fully saturated rings. The molecule has 2 rings (SSSR count). The van der Waals surface area contributed by atoms with E-state index < -0.39 is 0 Å². The normalized spacial score (nSPS) is 12.2. The van der Waals surface area contributed by atoms with Crippen LogP contribution in [0.2, 0.25) is 0 Å². The van der Waals surface area contributed by atoms with E-state index >= 15 is 0 Å². The van der Waals surface area contributed by atoms with E-state index in [-0.39, 0.29) is 16.8 Å². The number of aromatic nitrogens is 3. The summed E-state index contributed by atoms with van der Waals surface area (Å²) in [5, 5.41) is 11.3. The molecule has 2 N–H and O–H groups in total. The van der Waals surface area contributed by atoms with E-state index in [4.69, 9.17) is 0 Å². The minimum atomic E-state index is -0.311. The second kappa shape index (κ2) is 6.62. The minimum Gasteiger partial charge on any atom is -0.363 e. The lowest BCUT2D eigenvalue weighted by Gasteiger charge is -2.07. The summed E-state index contributed by atoms with van der Waals surface area (Å²) in [4.78, 5) is 27.3. The van der Waals surface area contributed by atoms with Gasteiger partial charge in [-0.25, -0.2) is 0 Å². The molecule has 2 aromatic heterocycles. The summed E-state index contributed by atoms with van der Waals surface area (Å²) in [6.07, 6.45) is 0. The average Bonchev–Trinajstić information content (AvgIpc) is 3.02. The number of H-pyrrole nitrogens is 1. The van der Waals surface area contributed by atoms with Gasteiger partial charge in [-0.05, 0) is 33.3 Å². The fourth-order valence-corrected chi connectivity index (χ4v) is 4.20. The molecule has 0 amide bonds. The van der Waals surface area contributed by atoms with E-state index in [1.54, 1.807) is 14.0 Å². The van der Waals surface area contributed by atoms with Gasteiger partial charge >= 0.3 is 0 Å². The Morgan fingerprint density at radius 1 is 1.32 bits per heavy atom. The first-order valence-corrected chi connectivity index (χ1v) is 8.47. The van der Waals surface area contributed by atoms with Crippen LogP contribution in [0.1, 0.15) is 46.0 Å². The summed E-state index contributed by atoms with van der Waals surface area (Å²) in [5.41, 5.74) is 2.56. The van der Waals surface area contributed by atoms with E-state index in [9.17, 15) is 9.59 Å². The van der Waals surface area contributed by atoms with E-state index in [1.165, 1.54) is 30.0 Å². The van der Waals surface area contributed by atoms with Gasteiger partial charge < -0.3 is 10.3 Å². The number of hydrogen-bond acceptors (Lipinski definition) is 7. The second-order valence-electron chi connectivity index (χ2n) is 4.93. The van der Waals surface area contributed by atoms with Gasteiger partial charge in [0, 0.05) is 18.3 Å². The standard InChI is InChI=1S/C14H18N4O2S2/c1-6-10(8(3)19)7(2)16-11(6)12(20)9(4)21-14-18-17-13(15-5)22-14/h9,16H,1-5H3,(H,15,17)/t9-/m0/s1. The molecule has 118 valence electrons. The van der Waals surface area contributed by atoms with E-state index in [1.807, 2.05) is 13.8 Å². The zero-order valence-electron chi connectivity index (χ0n) is 13.1. The summed E-state index contributed by atoms with van der Waals surface area (Å²) in [6, 6.07) is 0. The number of aryl methyl sites for hydroxylation is 1. The first-order chi connectivity index (χ1) is 10.3. The van der Waals surface area contributed by atoms with Crippen LogP contribution in [0, 0.1) is 13.8 Å². The van der Waals surface area contributed by atoms with Crippen LogP contribution in [0.3, 0.4) is 0 Å². The molecule has 0 saturated heterocycles. The lowest BCUT2D eigenvalue weighted by molar-refractivity contribution is 0.0988. The van der Waals surface area contributed by atoms with Gasteiger partial charge in [-0.15, -0.1) is 10.2 Å². The van der Waals surface area contributed by atoms with Crippen molar-refractivity contribution in [3.05, 3.63) is 22.5 Å². The topological polar surface area (TPSA) is 87.7 Å². The fraction of sp³-hybridized carbons (Fsp3) is 0.429. The molecule has 0 aliphatic heterocycles. The first-order valence-electron chi connectivity index (χ1n) is 6.77. The predicted molar refractivity (Wildman–Crippen MR) is 89.4 cm³/mol. The molecule has 0 aliphatic carbocycles. The maximum Gasteiger partial charge on any atom is 0.206 e. The Morgan fingerprint density at radius 3 is 2.50 bits per heavy atom. The van der Waals surface area contributed by atoms with Crippen molar-refractivity contribution in [3.8, 4) is 0 Å². The number of hydrogen-bond donors (Lipinski definition) is 2. The highest BCUT2D eigenvalue weighted by Crippen LogP contribution is 2.31. The Labute approximate surface area is 137 Å². The third-order valence-electron chi connectivity index (χ3n) is 3.30. The van der Waals surface area contributed by atoms with Gasteiger partial charge in [-0.1, -0.05) is 23.1 Å². The van der Waals surface area contributed by atoms with Crippen molar-refractivity contribution in [1.29, 1.82) is 0 Å². The molecule has 1 atom stereocenters. The number of carbonyl (C=O) groups is 2. The molecule has 0 spiro atoms. The molecule has 0 unspecified atom stereocenters. The maximum atomic E-state index is 12.6. The van der Waals surface area contributed by atoms with Crippen molar-refractivity contribution in [3.63, 3.8) is 0 Å². The number of Topliss-reactive ketones (excluding diaryl/α,β-unsaturated/α-hetero) is 2. The van der Waals surface area contributed by atoms with Crippen molar-refractivity contribution in [2.75, 3.05) is 12.4 Å². The average molecular weight is 338 g/mol. The number of ketones is 2. The molecule has 0 radical (unpaired) electrons. The smallest absolute Gasteiger partial charge is 0.206 e. The van der Waals surface area contributed by atoms with Gasteiger partial charge in [0.05, 0.1) is 10.9 Å². The summed E-state index contributed by atoms with van der Waals surface area (Å²) in [6.45, 7) is 6.95. The molecule has 22 heavy (non-hydrogen) atoms. The van der Waals surface area contributed by atoms with Gasteiger partial charge in [0.1, 0.15) is 0 Å². The summed E-state index contributed by atoms with van der Waals surface area (Å²) < 4.78 is 0.734. The fourth-order valence-electron chi connectivity index (χ4n) is 2.29. The SMILES string of the molecule is CNc1nnc(S[C@@H](C)C(=O)c2[nH]c(C)c(C(C)=O)c2C)s1. The third-order valence-corrected chi connectivity index (χ3v) is 5.43. The highest BCUT2D eigenvalue weighted by atomic mass is 32.2. The Hall–Kier alpha value is -1.67. The van der Waals surface area contributed by atoms with Crippen molar-refractivity contribution in [1.82, 2.24) is 15.2 Å². The van der Waals surface area contributed by atoms with Crippen molar-refractivity contribution in [2.45, 2.75) is 37.3 Å². The molecule has 0 bridgehead atoms. The van der Waals surface area contributed by atoms with Crippen LogP contribution in [-0.2, 0) is 0 Å². The Balaban J connectivity index is 2.20. The lowest BCUT2D eigenvalue weighted by Crippen LogP contribution is -2.15. The van der Waals surface area contributed by atoms with Crippen LogP contribution in [0.5, 0.6) is 0 Å². The molecule has 0 saturated carbocycles. The van der Waals surface area contributed by atoms with Crippen LogP contribution in [0.4, 0.5) is 5.13 Å². The minimum absolute atomic E-state index is 0.0339. The number of nitrogens with one attached hydrogen (secondary N) is 2. The van der Waals surface area contributed by atoms with Crippen molar-refractivity contribution in [2.24, 2.45) is 0 Å². The largest absolute Gasteiger partial charge is 0.363 e. The zero-order valence-corrected chi connectivity index (χ0v) is 14.7. The number of thioether (sulfide) groups is 1. The van der Waals surface area contributed by atoms with Gasteiger partial charge in [-0.2, -0.15) is 0 Å². The molecule has 0 aliphatic rings. The molecule has 2 heterocycles. The highest BCUT2D eigenvalue weighted by Gasteiger charge is 2.25. The monoisotopic (exact) mass is 338 g/mol. The summed E-state index contributed by atoms with van der Waals surface area (Å²) in [7, 11) is 1.78. The Morgan fingerprint density at radius 2 is 2.00 bits per heavy atom. The van der Waals surface area contributed by atoms with Crippen LogP contribution >= 0.6 is 23.1 Å². The molecule has 0 aromatic carbocycles. The maximum absolute atomic E-state index is 12.6. The second-order valence-corrected chi connectivity index (χ2v) is 7.49. The van der Waals surface area contributed by atoms with Crippen molar-refractivity contribution >= 4 is 39.8 Å². The lowest BCUT2D eigenvalue weighted by atomic mass is 10.0. The number of rotatable bonds is 6. The van der Waals surface area contributed by atoms with Crippen LogP contribution in [0.15, 0.2) is 4.34 Å². The summed E-state index contributed by atoms with van der Waals surface area (Å²) in [5.74, 6) is -0.0762. The highest BCUT2D eigenvalue weighted by molar-refractivity contribution is 8.02. The molecular formula is C14H18N4O2S2. The van der Waals surface area contributed by atoms with Crippen LogP contribution < -0.4 is 5.32 Å². The Bertz CT molecular complexity index is 720. The van der Waals surface area contributed by atoms with E-state index in [2.05, 4.69) is 20.5 Å². The Kier molecular flexibility index (Phi) is 5.02. The predicted octanol–water partition coefficient (Wildman–Crippen LogP) is 3.09. The van der Waals surface area contributed by atoms with Gasteiger partial charge in [-0.3, -0.25) is 9.59 Å². The number of nitrogens with zero attached hydrogens (tertiary/aromatic N) is 2. The molecule has 6 nitrogen and oxygen atoms in total. The zero-order chi connectivity index (χ0) is 16.4. The number of anilines is 1. The molecule has 2 aromatic rings. The van der Waals surface area contributed by atoms with E-state index in [0.717, 1.165) is 15.6 Å². The van der Waals surface area contributed by atoms with Gasteiger partial charge in [0.15, 0.2) is 15.9 Å². The van der Waals surface area contributed by atoms with Gasteiger partial charge in [0.2, 0.25) is 5.13 Å². The van der Waals surface area contributed by atoms with E-state index in [0.29, 0.717) is 16.4 Å². The number of aromatic amines is 1. The quantitative estimate of drug-likeness (QED) is 0.621. The number of carbonyl (C=O) groups excluding carboxylic acids is 2. The van der Waals surface area contributed by atoms with Gasteiger partial charge in [0.25, 0.3) is 0 Å². The third kappa shape index (κ3) is 3.22. The van der Waals surface area contributed by atoms with Crippen LogP contribution in [0.25, 0.3) is 0 Å². The molecular weight excluding hydrogens is 320 g/mol. The van der Waals surface area contributed by atoms with Crippen molar-refractivity contribution < 1.29 is 9.59 Å².